The van der Waals surface area contributed by atoms with Crippen LogP contribution in [0.1, 0.15) is 11.1 Å². The quantitative estimate of drug-likeness (QED) is 0.330. The van der Waals surface area contributed by atoms with Crippen LogP contribution in [0.3, 0.4) is 0 Å². The van der Waals surface area contributed by atoms with Gasteiger partial charge in [0.15, 0.2) is 5.84 Å². The van der Waals surface area contributed by atoms with Crippen LogP contribution in [0.25, 0.3) is 0 Å². The zero-order valence-electron chi connectivity index (χ0n) is 15.0. The van der Waals surface area contributed by atoms with Crippen molar-refractivity contribution in [2.75, 3.05) is 26.0 Å². The van der Waals surface area contributed by atoms with Gasteiger partial charge in [-0.1, -0.05) is 0 Å². The lowest BCUT2D eigenvalue weighted by Gasteiger charge is -2.36. The van der Waals surface area contributed by atoms with Crippen LogP contribution < -0.4 is 21.0 Å². The first-order valence-corrected chi connectivity index (χ1v) is 9.19. The first kappa shape index (κ1) is 22.0. The highest BCUT2D eigenvalue weighted by atomic mass is 32.2. The molecule has 1 atom stereocenters. The summed E-state index contributed by atoms with van der Waals surface area (Å²) in [5.41, 5.74) is -1.76. The number of amidine groups is 1. The van der Waals surface area contributed by atoms with Gasteiger partial charge in [-0.05, 0) is 39.3 Å². The molecule has 1 aromatic carbocycles. The van der Waals surface area contributed by atoms with Crippen LogP contribution in [0.15, 0.2) is 18.2 Å². The molecule has 1 aliphatic heterocycles. The van der Waals surface area contributed by atoms with E-state index in [9.17, 15) is 26.1 Å². The van der Waals surface area contributed by atoms with Crippen molar-refractivity contribution in [2.45, 2.75) is 17.5 Å². The number of benzene rings is 1. The zero-order valence-corrected chi connectivity index (χ0v) is 15.8. The normalized spacial score (nSPS) is 20.4. The molecule has 0 aromatic heterocycles. The van der Waals surface area contributed by atoms with Gasteiger partial charge in [0.25, 0.3) is 0 Å². The van der Waals surface area contributed by atoms with Gasteiger partial charge in [0.05, 0.1) is 17.2 Å². The molecule has 1 fully saturated rings. The van der Waals surface area contributed by atoms with Crippen LogP contribution in [-0.2, 0) is 16.3 Å². The molecule has 154 valence electrons. The topological polar surface area (TPSA) is 145 Å². The van der Waals surface area contributed by atoms with E-state index in [4.69, 9.17) is 10.7 Å². The number of nitrogens with zero attached hydrogens (tertiary/aromatic N) is 3. The molecule has 5 N–H and O–H groups in total. The van der Waals surface area contributed by atoms with Gasteiger partial charge in [0.1, 0.15) is 0 Å². The van der Waals surface area contributed by atoms with Gasteiger partial charge < -0.3 is 0 Å². The Balaban J connectivity index is 2.79. The van der Waals surface area contributed by atoms with Gasteiger partial charge in [0.2, 0.25) is 11.3 Å². The molecular formula is C14H18F3N7O3S. The minimum atomic E-state index is -4.93. The Morgan fingerprint density at radius 2 is 1.86 bits per heavy atom. The van der Waals surface area contributed by atoms with Crippen LogP contribution in [0.4, 0.5) is 18.9 Å². The van der Waals surface area contributed by atoms with E-state index in [1.54, 1.807) is 0 Å². The minimum absolute atomic E-state index is 0.355. The Morgan fingerprint density at radius 3 is 2.25 bits per heavy atom. The van der Waals surface area contributed by atoms with Crippen LogP contribution in [-0.4, -0.2) is 56.2 Å². The summed E-state index contributed by atoms with van der Waals surface area (Å²) in [7, 11) is -0.832. The molecule has 2 rings (SSSR count). The molecule has 1 saturated heterocycles. The maximum absolute atomic E-state index is 13.3. The number of nitrogens with one attached hydrogen (secondary N) is 4. The van der Waals surface area contributed by atoms with Gasteiger partial charge in [-0.2, -0.15) is 31.9 Å². The predicted molar refractivity (Wildman–Crippen MR) is 93.5 cm³/mol. The molecule has 0 saturated carbocycles. The second-order valence-electron chi connectivity index (χ2n) is 5.70. The van der Waals surface area contributed by atoms with Crippen LogP contribution >= 0.6 is 0 Å². The smallest absolute Gasteiger partial charge is 0.293 e. The molecule has 28 heavy (non-hydrogen) atoms. The Labute approximate surface area is 159 Å². The molecule has 0 amide bonds. The Morgan fingerprint density at radius 1 is 1.29 bits per heavy atom. The summed E-state index contributed by atoms with van der Waals surface area (Å²) in [6.07, 6.45) is -4.89. The third kappa shape index (κ3) is 3.32. The van der Waals surface area contributed by atoms with Gasteiger partial charge >= 0.3 is 16.3 Å². The molecule has 0 radical (unpaired) electrons. The highest BCUT2D eigenvalue weighted by Gasteiger charge is 2.59. The second kappa shape index (κ2) is 7.28. The average molecular weight is 421 g/mol. The number of hydrogen-bond acceptors (Lipinski definition) is 8. The van der Waals surface area contributed by atoms with E-state index in [0.717, 1.165) is 17.1 Å². The van der Waals surface area contributed by atoms with Crippen molar-refractivity contribution in [1.82, 2.24) is 21.1 Å². The van der Waals surface area contributed by atoms with Gasteiger partial charge in [-0.3, -0.25) is 30.9 Å². The number of hydrazine groups is 1. The van der Waals surface area contributed by atoms with Crippen LogP contribution in [0.2, 0.25) is 0 Å². The lowest BCUT2D eigenvalue weighted by atomic mass is 10.1. The summed E-state index contributed by atoms with van der Waals surface area (Å²) in [6, 6.07) is 3.92. The molecule has 0 spiro atoms. The van der Waals surface area contributed by atoms with Crippen molar-refractivity contribution < 1.29 is 26.1 Å². The van der Waals surface area contributed by atoms with Crippen molar-refractivity contribution in [3.8, 4) is 6.07 Å². The molecule has 1 aliphatic rings. The fraction of sp³-hybridized carbons (Fsp3) is 0.429. The van der Waals surface area contributed by atoms with Gasteiger partial charge in [0, 0.05) is 5.69 Å². The number of hydrogen-bond donors (Lipinski definition) is 5. The van der Waals surface area contributed by atoms with Crippen molar-refractivity contribution in [2.24, 2.45) is 0 Å². The van der Waals surface area contributed by atoms with Crippen LogP contribution in [0.5, 0.6) is 0 Å². The maximum atomic E-state index is 13.3. The van der Waals surface area contributed by atoms with E-state index in [1.165, 1.54) is 27.2 Å². The molecule has 1 unspecified atom stereocenters. The van der Waals surface area contributed by atoms with Crippen molar-refractivity contribution in [1.29, 1.82) is 10.7 Å². The standard InChI is InChI=1S/C14H18F3N7O3S/c1-20-14(21-2)11(19)23(12(24(14)22-3)28(25,26)27)9-5-4-8(7-18)10(6-9)13(15,16)17/h4-6,12,19-22H,1-3H3,(H,25,26,27). The summed E-state index contributed by atoms with van der Waals surface area (Å²) in [4.78, 5) is 0.704. The van der Waals surface area contributed by atoms with E-state index < -0.39 is 44.5 Å². The Bertz CT molecular complexity index is 925. The third-order valence-electron chi connectivity index (χ3n) is 4.32. The molecule has 0 bridgehead atoms. The fourth-order valence-electron chi connectivity index (χ4n) is 3.10. The number of anilines is 1. The highest BCUT2D eigenvalue weighted by Crippen LogP contribution is 2.38. The summed E-state index contributed by atoms with van der Waals surface area (Å²) in [5.74, 6) is -2.19. The molecule has 14 heteroatoms. The number of nitriles is 1. The largest absolute Gasteiger partial charge is 0.417 e. The summed E-state index contributed by atoms with van der Waals surface area (Å²) < 4.78 is 73.8. The van der Waals surface area contributed by atoms with Crippen molar-refractivity contribution in [3.05, 3.63) is 29.3 Å². The zero-order chi connectivity index (χ0) is 21.5. The first-order chi connectivity index (χ1) is 12.9. The number of halogens is 3. The molecule has 1 aromatic rings. The summed E-state index contributed by atoms with van der Waals surface area (Å²) in [5, 5.41) is 23.6. The lowest BCUT2D eigenvalue weighted by molar-refractivity contribution is -0.137. The summed E-state index contributed by atoms with van der Waals surface area (Å²) >= 11 is 0. The SMILES string of the molecule is CNN1C(S(=O)(=O)O)N(c2ccc(C#N)c(C(F)(F)F)c2)C(=N)C1(NC)NC. The molecular weight excluding hydrogens is 403 g/mol. The minimum Gasteiger partial charge on any atom is -0.293 e. The predicted octanol–water partition coefficient (Wildman–Crippen LogP) is 0.0748. The van der Waals surface area contributed by atoms with Crippen LogP contribution in [0, 0.1) is 16.7 Å². The number of alkyl halides is 3. The maximum Gasteiger partial charge on any atom is 0.417 e. The van der Waals surface area contributed by atoms with E-state index in [1.807, 2.05) is 0 Å². The third-order valence-corrected chi connectivity index (χ3v) is 5.28. The lowest BCUT2D eigenvalue weighted by Crippen LogP contribution is -2.70. The monoisotopic (exact) mass is 421 g/mol. The molecule has 0 aliphatic carbocycles. The van der Waals surface area contributed by atoms with Gasteiger partial charge in [-0.25, -0.2) is 0 Å². The molecule has 10 nitrogen and oxygen atoms in total. The van der Waals surface area contributed by atoms with E-state index >= 15 is 0 Å². The van der Waals surface area contributed by atoms with E-state index in [-0.39, 0.29) is 5.69 Å². The highest BCUT2D eigenvalue weighted by molar-refractivity contribution is 7.86. The Kier molecular flexibility index (Phi) is 5.72. The number of rotatable bonds is 5. The van der Waals surface area contributed by atoms with Gasteiger partial charge in [-0.15, -0.1) is 0 Å². The Hall–Kier alpha value is -2.28. The van der Waals surface area contributed by atoms with Crippen molar-refractivity contribution >= 4 is 21.6 Å². The van der Waals surface area contributed by atoms with Crippen molar-refractivity contribution in [3.63, 3.8) is 0 Å². The average Bonchev–Trinajstić information content (AvgIpc) is 2.88. The summed E-state index contributed by atoms with van der Waals surface area (Å²) in [6.45, 7) is 0. The first-order valence-electron chi connectivity index (χ1n) is 7.69. The number of likely N-dealkylation sites (N-methyl/N-ethyl adjacent to an activating group) is 2. The van der Waals surface area contributed by atoms with E-state index in [2.05, 4.69) is 16.1 Å². The fourth-order valence-corrected chi connectivity index (χ4v) is 4.12. The molecule has 1 heterocycles. The second-order valence-corrected chi connectivity index (χ2v) is 7.15. The van der Waals surface area contributed by atoms with E-state index in [0.29, 0.717) is 11.0 Å².